The minimum absolute atomic E-state index is 0.0144. The molecular formula is C24H40N4O4S. The number of hydrogen-bond donors (Lipinski definition) is 1. The van der Waals surface area contributed by atoms with Gasteiger partial charge in [-0.05, 0) is 70.5 Å². The molecule has 0 aliphatic carbocycles. The number of rotatable bonds is 9. The molecule has 1 heterocycles. The van der Waals surface area contributed by atoms with Crippen LogP contribution in [0.2, 0.25) is 0 Å². The van der Waals surface area contributed by atoms with Gasteiger partial charge < -0.3 is 15.1 Å². The number of carbonyl (C=O) groups excluding carboxylic acids is 2. The average Bonchev–Trinajstić information content (AvgIpc) is 2.75. The SMILES string of the molecule is CC(C)N(C)S(=O)(=O)c1ccc(C(=O)N2CCC(C(=O)NCC(C)(C)CN(C)C)CC2)cc1. The first-order valence-electron chi connectivity index (χ1n) is 11.5. The van der Waals surface area contributed by atoms with Gasteiger partial charge in [0.15, 0.2) is 0 Å². The van der Waals surface area contributed by atoms with Gasteiger partial charge in [-0.3, -0.25) is 9.59 Å². The normalized spacial score (nSPS) is 16.0. The highest BCUT2D eigenvalue weighted by molar-refractivity contribution is 7.89. The van der Waals surface area contributed by atoms with Crippen molar-refractivity contribution in [3.63, 3.8) is 0 Å². The molecule has 186 valence electrons. The van der Waals surface area contributed by atoms with E-state index in [0.29, 0.717) is 38.0 Å². The Kier molecular flexibility index (Phi) is 9.07. The Morgan fingerprint density at radius 3 is 2.12 bits per heavy atom. The third kappa shape index (κ3) is 7.25. The summed E-state index contributed by atoms with van der Waals surface area (Å²) < 4.78 is 26.5. The van der Waals surface area contributed by atoms with Crippen molar-refractivity contribution in [1.82, 2.24) is 19.4 Å². The summed E-state index contributed by atoms with van der Waals surface area (Å²) in [7, 11) is 2.00. The van der Waals surface area contributed by atoms with Crippen molar-refractivity contribution in [2.75, 3.05) is 47.3 Å². The van der Waals surface area contributed by atoms with Crippen LogP contribution in [-0.4, -0.2) is 87.7 Å². The summed E-state index contributed by atoms with van der Waals surface area (Å²) in [6.45, 7) is 10.4. The highest BCUT2D eigenvalue weighted by Gasteiger charge is 2.30. The van der Waals surface area contributed by atoms with Gasteiger partial charge in [-0.25, -0.2) is 8.42 Å². The van der Waals surface area contributed by atoms with Gasteiger partial charge in [0.1, 0.15) is 0 Å². The molecule has 0 atom stereocenters. The lowest BCUT2D eigenvalue weighted by Crippen LogP contribution is -2.46. The van der Waals surface area contributed by atoms with Crippen molar-refractivity contribution in [1.29, 1.82) is 0 Å². The second-order valence-electron chi connectivity index (χ2n) is 10.3. The molecule has 0 saturated carbocycles. The van der Waals surface area contributed by atoms with Crippen molar-refractivity contribution in [3.8, 4) is 0 Å². The van der Waals surface area contributed by atoms with Crippen LogP contribution < -0.4 is 5.32 Å². The third-order valence-electron chi connectivity index (χ3n) is 6.14. The van der Waals surface area contributed by atoms with E-state index < -0.39 is 10.0 Å². The van der Waals surface area contributed by atoms with Crippen LogP contribution in [0.25, 0.3) is 0 Å². The molecule has 2 rings (SSSR count). The first-order valence-corrected chi connectivity index (χ1v) is 13.0. The lowest BCUT2D eigenvalue weighted by molar-refractivity contribution is -0.126. The molecule has 1 aliphatic rings. The molecule has 0 aromatic heterocycles. The predicted octanol–water partition coefficient (Wildman–Crippen LogP) is 2.27. The maximum absolute atomic E-state index is 12.9. The summed E-state index contributed by atoms with van der Waals surface area (Å²) >= 11 is 0. The molecule has 8 nitrogen and oxygen atoms in total. The van der Waals surface area contributed by atoms with E-state index in [4.69, 9.17) is 0 Å². The van der Waals surface area contributed by atoms with Crippen LogP contribution >= 0.6 is 0 Å². The zero-order chi connectivity index (χ0) is 25.0. The fourth-order valence-electron chi connectivity index (χ4n) is 4.12. The number of likely N-dealkylation sites (tertiary alicyclic amines) is 1. The van der Waals surface area contributed by atoms with Crippen LogP contribution in [-0.2, 0) is 14.8 Å². The summed E-state index contributed by atoms with van der Waals surface area (Å²) in [6, 6.07) is 5.94. The molecule has 0 spiro atoms. The number of nitrogens with one attached hydrogen (secondary N) is 1. The van der Waals surface area contributed by atoms with E-state index in [2.05, 4.69) is 24.1 Å². The van der Waals surface area contributed by atoms with Crippen LogP contribution in [0, 0.1) is 11.3 Å². The number of nitrogens with zero attached hydrogens (tertiary/aromatic N) is 3. The fourth-order valence-corrected chi connectivity index (χ4v) is 5.49. The first-order chi connectivity index (χ1) is 15.2. The summed E-state index contributed by atoms with van der Waals surface area (Å²) in [6.07, 6.45) is 1.24. The van der Waals surface area contributed by atoms with Crippen LogP contribution in [0.4, 0.5) is 0 Å². The molecule has 9 heteroatoms. The summed E-state index contributed by atoms with van der Waals surface area (Å²) in [5.41, 5.74) is 0.439. The Hall–Kier alpha value is -1.97. The van der Waals surface area contributed by atoms with E-state index in [-0.39, 0.29) is 34.1 Å². The highest BCUT2D eigenvalue weighted by atomic mass is 32.2. The Bertz CT molecular complexity index is 918. The van der Waals surface area contributed by atoms with Crippen molar-refractivity contribution in [2.24, 2.45) is 11.3 Å². The Balaban J connectivity index is 1.92. The maximum Gasteiger partial charge on any atom is 0.253 e. The molecule has 1 aromatic rings. The molecule has 0 radical (unpaired) electrons. The Labute approximate surface area is 199 Å². The van der Waals surface area contributed by atoms with Crippen molar-refractivity contribution >= 4 is 21.8 Å². The number of amides is 2. The fraction of sp³-hybridized carbons (Fsp3) is 0.667. The van der Waals surface area contributed by atoms with E-state index in [1.165, 1.54) is 16.4 Å². The first kappa shape index (κ1) is 27.3. The van der Waals surface area contributed by atoms with Gasteiger partial charge in [0.05, 0.1) is 4.90 Å². The molecule has 0 unspecified atom stereocenters. The van der Waals surface area contributed by atoms with Crippen LogP contribution in [0.1, 0.15) is 50.9 Å². The molecule has 2 amide bonds. The highest BCUT2D eigenvalue weighted by Crippen LogP contribution is 2.22. The standard InChI is InChI=1S/C24H40N4O4S/c1-18(2)27(7)33(31,32)21-10-8-20(9-11-21)23(30)28-14-12-19(13-15-28)22(29)25-16-24(3,4)17-26(5)6/h8-11,18-19H,12-17H2,1-7H3,(H,25,29). The zero-order valence-corrected chi connectivity index (χ0v) is 21.9. The smallest absolute Gasteiger partial charge is 0.253 e. The van der Waals surface area contributed by atoms with E-state index in [0.717, 1.165) is 6.54 Å². The van der Waals surface area contributed by atoms with E-state index in [9.17, 15) is 18.0 Å². The van der Waals surface area contributed by atoms with Crippen LogP contribution in [0.15, 0.2) is 29.2 Å². The van der Waals surface area contributed by atoms with Crippen molar-refractivity contribution in [2.45, 2.75) is 51.5 Å². The molecule has 1 aromatic carbocycles. The quantitative estimate of drug-likeness (QED) is 0.586. The van der Waals surface area contributed by atoms with Crippen molar-refractivity contribution < 1.29 is 18.0 Å². The minimum Gasteiger partial charge on any atom is -0.355 e. The lowest BCUT2D eigenvalue weighted by atomic mass is 9.91. The number of carbonyl (C=O) groups is 2. The third-order valence-corrected chi connectivity index (χ3v) is 8.19. The molecule has 1 saturated heterocycles. The Morgan fingerprint density at radius 1 is 1.09 bits per heavy atom. The van der Waals surface area contributed by atoms with Crippen molar-refractivity contribution in [3.05, 3.63) is 29.8 Å². The molecule has 1 fully saturated rings. The molecule has 0 bridgehead atoms. The number of hydrogen-bond acceptors (Lipinski definition) is 5. The van der Waals surface area contributed by atoms with Gasteiger partial charge in [-0.2, -0.15) is 4.31 Å². The lowest BCUT2D eigenvalue weighted by Gasteiger charge is -2.33. The minimum atomic E-state index is -3.58. The van der Waals surface area contributed by atoms with Crippen LogP contribution in [0.5, 0.6) is 0 Å². The van der Waals surface area contributed by atoms with Gasteiger partial charge in [0.25, 0.3) is 5.91 Å². The van der Waals surface area contributed by atoms with E-state index >= 15 is 0 Å². The topological polar surface area (TPSA) is 90.0 Å². The number of piperidine rings is 1. The summed E-state index contributed by atoms with van der Waals surface area (Å²) in [5.74, 6) is -0.178. The average molecular weight is 481 g/mol. The van der Waals surface area contributed by atoms with E-state index in [1.807, 2.05) is 27.9 Å². The molecule has 1 N–H and O–H groups in total. The maximum atomic E-state index is 12.9. The number of sulfonamides is 1. The van der Waals surface area contributed by atoms with E-state index in [1.54, 1.807) is 24.1 Å². The van der Waals surface area contributed by atoms with Gasteiger partial charge in [0.2, 0.25) is 15.9 Å². The largest absolute Gasteiger partial charge is 0.355 e. The summed E-state index contributed by atoms with van der Waals surface area (Å²) in [4.78, 5) is 29.5. The second-order valence-corrected chi connectivity index (χ2v) is 12.3. The van der Waals surface area contributed by atoms with Gasteiger partial charge in [-0.15, -0.1) is 0 Å². The number of benzene rings is 1. The zero-order valence-electron chi connectivity index (χ0n) is 21.1. The molecule has 33 heavy (non-hydrogen) atoms. The molecule has 1 aliphatic heterocycles. The second kappa shape index (κ2) is 11.0. The van der Waals surface area contributed by atoms with Gasteiger partial charge >= 0.3 is 0 Å². The molecular weight excluding hydrogens is 440 g/mol. The van der Waals surface area contributed by atoms with Crippen LogP contribution in [0.3, 0.4) is 0 Å². The monoisotopic (exact) mass is 480 g/mol. The van der Waals surface area contributed by atoms with Gasteiger partial charge in [-0.1, -0.05) is 13.8 Å². The summed E-state index contributed by atoms with van der Waals surface area (Å²) in [5, 5.41) is 3.08. The predicted molar refractivity (Wildman–Crippen MR) is 130 cm³/mol. The Morgan fingerprint density at radius 2 is 1.64 bits per heavy atom. The van der Waals surface area contributed by atoms with Gasteiger partial charge in [0, 0.05) is 50.7 Å².